The van der Waals surface area contributed by atoms with Gasteiger partial charge in [-0.3, -0.25) is 14.2 Å². The van der Waals surface area contributed by atoms with E-state index in [9.17, 15) is 24.1 Å². The number of nitrogens with zero attached hydrogens (tertiary/aromatic N) is 1. The van der Waals surface area contributed by atoms with Crippen molar-refractivity contribution in [3.63, 3.8) is 0 Å². The molecule has 2 aromatic rings. The first-order valence-corrected chi connectivity index (χ1v) is 13.6. The third kappa shape index (κ3) is 6.64. The lowest BCUT2D eigenvalue weighted by Crippen LogP contribution is -2.42. The number of hydrogen-bond donors (Lipinski definition) is 1. The second-order valence-corrected chi connectivity index (χ2v) is 11.3. The number of benzene rings is 2. The van der Waals surface area contributed by atoms with Crippen LogP contribution >= 0.6 is 7.37 Å². The van der Waals surface area contributed by atoms with Crippen molar-refractivity contribution in [1.29, 1.82) is 0 Å². The van der Waals surface area contributed by atoms with E-state index in [-0.39, 0.29) is 18.8 Å². The van der Waals surface area contributed by atoms with E-state index in [4.69, 9.17) is 4.52 Å². The van der Waals surface area contributed by atoms with Crippen molar-refractivity contribution in [2.75, 3.05) is 19.3 Å². The van der Waals surface area contributed by atoms with E-state index in [1.54, 1.807) is 31.2 Å². The third-order valence-corrected chi connectivity index (χ3v) is 9.20. The quantitative estimate of drug-likeness (QED) is 0.347. The number of likely N-dealkylation sites (tertiary alicyclic amines) is 1. The molecule has 3 rings (SSSR count). The number of aliphatic carboxylic acids is 1. The average Bonchev–Trinajstić information content (AvgIpc) is 3.33. The van der Waals surface area contributed by atoms with Crippen LogP contribution in [0.1, 0.15) is 48.5 Å². The molecule has 1 amide bonds. The summed E-state index contributed by atoms with van der Waals surface area (Å²) in [5.41, 5.74) is 0.904. The molecule has 1 aliphatic rings. The van der Waals surface area contributed by atoms with Gasteiger partial charge in [0.15, 0.2) is 5.78 Å². The molecule has 182 valence electrons. The molecule has 0 spiro atoms. The van der Waals surface area contributed by atoms with Crippen LogP contribution in [0, 0.1) is 0 Å². The van der Waals surface area contributed by atoms with Gasteiger partial charge in [-0.05, 0) is 38.2 Å². The molecule has 0 bridgehead atoms. The van der Waals surface area contributed by atoms with Crippen molar-refractivity contribution in [3.05, 3.63) is 71.8 Å². The summed E-state index contributed by atoms with van der Waals surface area (Å²) in [6.45, 7) is 2.16. The molecule has 2 aromatic carbocycles. The van der Waals surface area contributed by atoms with Crippen molar-refractivity contribution in [2.45, 2.75) is 50.7 Å². The van der Waals surface area contributed by atoms with Crippen molar-refractivity contribution in [1.82, 2.24) is 4.90 Å². The van der Waals surface area contributed by atoms with Crippen molar-refractivity contribution in [3.8, 4) is 0 Å². The molecule has 34 heavy (non-hydrogen) atoms. The predicted molar refractivity (Wildman–Crippen MR) is 130 cm³/mol. The smallest absolute Gasteiger partial charge is 0.326 e. The molecule has 3 atom stereocenters. The molecule has 1 heterocycles. The van der Waals surface area contributed by atoms with E-state index in [1.165, 1.54) is 4.90 Å². The second kappa shape index (κ2) is 12.1. The van der Waals surface area contributed by atoms with E-state index in [0.29, 0.717) is 37.8 Å². The Hall–Kier alpha value is -2.76. The van der Waals surface area contributed by atoms with Gasteiger partial charge in [0, 0.05) is 24.2 Å². The van der Waals surface area contributed by atoms with Crippen LogP contribution in [0.5, 0.6) is 0 Å². The zero-order chi connectivity index (χ0) is 24.6. The summed E-state index contributed by atoms with van der Waals surface area (Å²) in [5, 5.41) is 9.46. The molecule has 1 saturated heterocycles. The zero-order valence-corrected chi connectivity index (χ0v) is 20.4. The lowest BCUT2D eigenvalue weighted by Gasteiger charge is -2.29. The van der Waals surface area contributed by atoms with Crippen molar-refractivity contribution >= 4 is 25.0 Å². The fourth-order valence-electron chi connectivity index (χ4n) is 4.47. The number of aryl methyl sites for hydroxylation is 1. The van der Waals surface area contributed by atoms with Gasteiger partial charge >= 0.3 is 5.97 Å². The minimum Gasteiger partial charge on any atom is -0.480 e. The van der Waals surface area contributed by atoms with Crippen LogP contribution in [-0.4, -0.2) is 58.7 Å². The molecule has 1 fully saturated rings. The van der Waals surface area contributed by atoms with E-state index < -0.39 is 37.1 Å². The topological polar surface area (TPSA) is 101 Å². The normalized spacial score (nSPS) is 18.3. The highest BCUT2D eigenvalue weighted by atomic mass is 31.2. The fourth-order valence-corrected chi connectivity index (χ4v) is 6.99. The average molecular weight is 486 g/mol. The number of carbonyl (C=O) groups is 3. The van der Waals surface area contributed by atoms with Gasteiger partial charge in [0.1, 0.15) is 12.2 Å². The molecule has 0 saturated carbocycles. The van der Waals surface area contributed by atoms with Crippen LogP contribution < -0.4 is 0 Å². The van der Waals surface area contributed by atoms with Crippen LogP contribution in [0.3, 0.4) is 0 Å². The SMILES string of the molecule is CCOP(=O)(CC(=O)N1CCC[C@H]1C(=O)O)C(CCc1ccccc1)CC(=O)c1ccccc1. The largest absolute Gasteiger partial charge is 0.480 e. The minimum atomic E-state index is -3.61. The first kappa shape index (κ1) is 25.9. The number of Topliss-reactive ketones (excluding diaryl/α,β-unsaturated/α-hetero) is 1. The summed E-state index contributed by atoms with van der Waals surface area (Å²) in [5.74, 6) is -1.70. The Morgan fingerprint density at radius 2 is 1.74 bits per heavy atom. The Morgan fingerprint density at radius 3 is 2.35 bits per heavy atom. The molecule has 8 heteroatoms. The Bertz CT molecular complexity index is 1030. The second-order valence-electron chi connectivity index (χ2n) is 8.56. The molecule has 1 aliphatic heterocycles. The zero-order valence-electron chi connectivity index (χ0n) is 19.5. The minimum absolute atomic E-state index is 0.0102. The highest BCUT2D eigenvalue weighted by Crippen LogP contribution is 2.55. The van der Waals surface area contributed by atoms with Gasteiger partial charge < -0.3 is 14.5 Å². The number of rotatable bonds is 12. The maximum atomic E-state index is 14.2. The molecule has 0 aliphatic carbocycles. The Labute approximate surface area is 200 Å². The maximum absolute atomic E-state index is 14.2. The van der Waals surface area contributed by atoms with Gasteiger partial charge in [-0.2, -0.15) is 0 Å². The lowest BCUT2D eigenvalue weighted by molar-refractivity contribution is -0.147. The van der Waals surface area contributed by atoms with E-state index in [0.717, 1.165) is 5.56 Å². The van der Waals surface area contributed by atoms with Gasteiger partial charge in [-0.25, -0.2) is 4.79 Å². The summed E-state index contributed by atoms with van der Waals surface area (Å²) in [6, 6.07) is 17.6. The van der Waals surface area contributed by atoms with Crippen LogP contribution in [-0.2, 0) is 25.1 Å². The van der Waals surface area contributed by atoms with E-state index in [1.807, 2.05) is 36.4 Å². The summed E-state index contributed by atoms with van der Waals surface area (Å²) >= 11 is 0. The Morgan fingerprint density at radius 1 is 1.09 bits per heavy atom. The van der Waals surface area contributed by atoms with Crippen LogP contribution in [0.4, 0.5) is 0 Å². The molecule has 0 aromatic heterocycles. The first-order chi connectivity index (χ1) is 16.3. The van der Waals surface area contributed by atoms with Crippen LogP contribution in [0.25, 0.3) is 0 Å². The summed E-state index contributed by atoms with van der Waals surface area (Å²) in [7, 11) is -3.61. The molecular weight excluding hydrogens is 453 g/mol. The summed E-state index contributed by atoms with van der Waals surface area (Å²) in [4.78, 5) is 39.0. The fraction of sp³-hybridized carbons (Fsp3) is 0.423. The molecular formula is C26H32NO6P. The number of carboxylic acid groups (broad SMARTS) is 1. The van der Waals surface area contributed by atoms with E-state index >= 15 is 0 Å². The number of ketones is 1. The van der Waals surface area contributed by atoms with Gasteiger partial charge in [0.05, 0.1) is 6.61 Å². The molecule has 1 N–H and O–H groups in total. The predicted octanol–water partition coefficient (Wildman–Crippen LogP) is 4.65. The first-order valence-electron chi connectivity index (χ1n) is 11.7. The monoisotopic (exact) mass is 485 g/mol. The summed E-state index contributed by atoms with van der Waals surface area (Å²) < 4.78 is 19.9. The number of hydrogen-bond acceptors (Lipinski definition) is 5. The Kier molecular flexibility index (Phi) is 9.20. The Balaban J connectivity index is 1.85. The molecule has 0 radical (unpaired) electrons. The highest BCUT2D eigenvalue weighted by molar-refractivity contribution is 7.60. The van der Waals surface area contributed by atoms with Gasteiger partial charge in [0.2, 0.25) is 13.3 Å². The molecule has 7 nitrogen and oxygen atoms in total. The van der Waals surface area contributed by atoms with Gasteiger partial charge in [-0.1, -0.05) is 60.7 Å². The van der Waals surface area contributed by atoms with Crippen LogP contribution in [0.2, 0.25) is 0 Å². The van der Waals surface area contributed by atoms with Gasteiger partial charge in [0.25, 0.3) is 0 Å². The van der Waals surface area contributed by atoms with Crippen molar-refractivity contribution in [2.24, 2.45) is 0 Å². The lowest BCUT2D eigenvalue weighted by atomic mass is 10.0. The highest BCUT2D eigenvalue weighted by Gasteiger charge is 2.42. The number of amides is 1. The van der Waals surface area contributed by atoms with Gasteiger partial charge in [-0.15, -0.1) is 0 Å². The molecule has 2 unspecified atom stereocenters. The number of carboxylic acids is 1. The van der Waals surface area contributed by atoms with Crippen LogP contribution in [0.15, 0.2) is 60.7 Å². The number of carbonyl (C=O) groups excluding carboxylic acids is 2. The van der Waals surface area contributed by atoms with E-state index in [2.05, 4.69) is 0 Å². The maximum Gasteiger partial charge on any atom is 0.326 e. The summed E-state index contributed by atoms with van der Waals surface area (Å²) in [6.07, 6.45) is 1.56. The third-order valence-electron chi connectivity index (χ3n) is 6.24. The van der Waals surface area contributed by atoms with Crippen molar-refractivity contribution < 1.29 is 28.6 Å². The standard InChI is InChI=1S/C26H32NO6P/c1-2-33-34(32,19-25(29)27-17-9-14-23(27)26(30)31)22(16-15-20-10-5-3-6-11-20)18-24(28)21-12-7-4-8-13-21/h3-8,10-13,22-23H,2,9,14-19H2,1H3,(H,30,31)/t22?,23-,34?/m0/s1.